The number of ether oxygens (including phenoxy) is 1. The van der Waals surface area contributed by atoms with Gasteiger partial charge in [-0.3, -0.25) is 4.79 Å². The van der Waals surface area contributed by atoms with E-state index in [2.05, 4.69) is 10.5 Å². The third kappa shape index (κ3) is 6.00. The average Bonchev–Trinajstić information content (AvgIpc) is 3.38. The fourth-order valence-corrected chi connectivity index (χ4v) is 3.80. The third-order valence-electron chi connectivity index (χ3n) is 5.82. The zero-order valence-corrected chi connectivity index (χ0v) is 20.4. The zero-order valence-electron chi connectivity index (χ0n) is 20.4. The number of hydrazone groups is 1. The van der Waals surface area contributed by atoms with E-state index in [4.69, 9.17) is 9.84 Å². The molecule has 5 aromatic rings. The van der Waals surface area contributed by atoms with Crippen molar-refractivity contribution in [2.24, 2.45) is 5.10 Å². The number of nitrogens with one attached hydrogen (secondary N) is 1. The molecule has 0 spiro atoms. The van der Waals surface area contributed by atoms with Crippen LogP contribution < -0.4 is 10.2 Å². The Labute approximate surface area is 215 Å². The van der Waals surface area contributed by atoms with Crippen molar-refractivity contribution in [3.05, 3.63) is 138 Å². The van der Waals surface area contributed by atoms with Crippen LogP contribution in [0.25, 0.3) is 16.9 Å². The molecule has 0 aliphatic rings. The highest BCUT2D eigenvalue weighted by molar-refractivity contribution is 5.95. The van der Waals surface area contributed by atoms with E-state index >= 15 is 0 Å². The molecule has 37 heavy (non-hydrogen) atoms. The molecule has 6 heteroatoms. The van der Waals surface area contributed by atoms with Crippen LogP contribution in [0.3, 0.4) is 0 Å². The summed E-state index contributed by atoms with van der Waals surface area (Å²) in [5, 5.41) is 9.02. The predicted octanol–water partition coefficient (Wildman–Crippen LogP) is 6.19. The molecule has 0 saturated carbocycles. The van der Waals surface area contributed by atoms with Gasteiger partial charge in [0.25, 0.3) is 5.91 Å². The van der Waals surface area contributed by atoms with Crippen molar-refractivity contribution >= 4 is 12.1 Å². The number of amides is 1. The third-order valence-corrected chi connectivity index (χ3v) is 5.82. The summed E-state index contributed by atoms with van der Waals surface area (Å²) in [6.07, 6.45) is 3.51. The summed E-state index contributed by atoms with van der Waals surface area (Å²) in [5.41, 5.74) is 8.71. The monoisotopic (exact) mass is 486 g/mol. The van der Waals surface area contributed by atoms with Crippen LogP contribution in [-0.4, -0.2) is 21.9 Å². The number of aromatic nitrogens is 2. The molecule has 4 aromatic carbocycles. The van der Waals surface area contributed by atoms with E-state index in [1.807, 2.05) is 110 Å². The Bertz CT molecular complexity index is 1490. The normalized spacial score (nSPS) is 10.9. The van der Waals surface area contributed by atoms with Gasteiger partial charge in [0.2, 0.25) is 0 Å². The predicted molar refractivity (Wildman–Crippen MR) is 146 cm³/mol. The SMILES string of the molecule is Cc1ccc(C(=O)N/N=C/c2cn(-c3ccccc3)nc2-c2ccc(OCc3ccccc3)cc2)cc1. The number of nitrogens with zero attached hydrogens (tertiary/aromatic N) is 3. The van der Waals surface area contributed by atoms with Crippen LogP contribution in [0.2, 0.25) is 0 Å². The van der Waals surface area contributed by atoms with Crippen molar-refractivity contribution in [1.29, 1.82) is 0 Å². The van der Waals surface area contributed by atoms with Crippen molar-refractivity contribution in [2.45, 2.75) is 13.5 Å². The molecular formula is C31H26N4O2. The molecule has 0 radical (unpaired) electrons. The molecule has 6 nitrogen and oxygen atoms in total. The van der Waals surface area contributed by atoms with Crippen LogP contribution in [-0.2, 0) is 6.61 Å². The average molecular weight is 487 g/mol. The summed E-state index contributed by atoms with van der Waals surface area (Å²) in [5.74, 6) is 0.504. The first-order valence-electron chi connectivity index (χ1n) is 12.0. The van der Waals surface area contributed by atoms with Gasteiger partial charge in [-0.25, -0.2) is 10.1 Å². The minimum absolute atomic E-state index is 0.270. The standard InChI is InChI=1S/C31H26N4O2/c1-23-12-14-26(15-13-23)31(36)33-32-20-27-21-35(28-10-6-3-7-11-28)34-30(27)25-16-18-29(19-17-25)37-22-24-8-4-2-5-9-24/h2-21H,22H2,1H3,(H,33,36)/b32-20+. The largest absolute Gasteiger partial charge is 0.489 e. The number of para-hydroxylation sites is 1. The molecule has 182 valence electrons. The lowest BCUT2D eigenvalue weighted by molar-refractivity contribution is 0.0955. The molecule has 0 atom stereocenters. The maximum absolute atomic E-state index is 12.5. The van der Waals surface area contributed by atoms with Crippen LogP contribution in [0.1, 0.15) is 27.0 Å². The highest BCUT2D eigenvalue weighted by atomic mass is 16.5. The molecule has 0 saturated heterocycles. The van der Waals surface area contributed by atoms with Gasteiger partial charge in [0.05, 0.1) is 11.9 Å². The number of aryl methyl sites for hydroxylation is 1. The number of rotatable bonds is 8. The van der Waals surface area contributed by atoms with Crippen molar-refractivity contribution in [1.82, 2.24) is 15.2 Å². The zero-order chi connectivity index (χ0) is 25.5. The molecule has 1 N–H and O–H groups in total. The van der Waals surface area contributed by atoms with Crippen LogP contribution in [0.4, 0.5) is 0 Å². The summed E-state index contributed by atoms with van der Waals surface area (Å²) in [6.45, 7) is 2.48. The fraction of sp³-hybridized carbons (Fsp3) is 0.0645. The summed E-state index contributed by atoms with van der Waals surface area (Å²) in [7, 11) is 0. The van der Waals surface area contributed by atoms with E-state index in [-0.39, 0.29) is 5.91 Å². The Morgan fingerprint density at radius 2 is 1.57 bits per heavy atom. The van der Waals surface area contributed by atoms with Gasteiger partial charge in [0.15, 0.2) is 0 Å². The molecule has 0 unspecified atom stereocenters. The summed E-state index contributed by atoms with van der Waals surface area (Å²) in [6, 6.07) is 35.1. The van der Waals surface area contributed by atoms with E-state index < -0.39 is 0 Å². The molecule has 0 aliphatic heterocycles. The number of benzene rings is 4. The van der Waals surface area contributed by atoms with Crippen molar-refractivity contribution in [3.63, 3.8) is 0 Å². The number of hydrogen-bond donors (Lipinski definition) is 1. The second-order valence-electron chi connectivity index (χ2n) is 8.58. The molecule has 5 rings (SSSR count). The van der Waals surface area contributed by atoms with Gasteiger partial charge in [-0.05, 0) is 61.0 Å². The first-order chi connectivity index (χ1) is 18.2. The topological polar surface area (TPSA) is 68.5 Å². The van der Waals surface area contributed by atoms with Gasteiger partial charge in [-0.1, -0.05) is 66.2 Å². The Morgan fingerprint density at radius 1 is 0.892 bits per heavy atom. The van der Waals surface area contributed by atoms with Crippen LogP contribution in [0, 0.1) is 6.92 Å². The second-order valence-corrected chi connectivity index (χ2v) is 8.58. The summed E-state index contributed by atoms with van der Waals surface area (Å²) in [4.78, 5) is 12.5. The van der Waals surface area contributed by atoms with E-state index in [1.165, 1.54) is 0 Å². The molecule has 1 heterocycles. The fourth-order valence-electron chi connectivity index (χ4n) is 3.80. The molecule has 0 fully saturated rings. The number of carbonyl (C=O) groups excluding carboxylic acids is 1. The maximum Gasteiger partial charge on any atom is 0.271 e. The summed E-state index contributed by atoms with van der Waals surface area (Å²) >= 11 is 0. The van der Waals surface area contributed by atoms with Gasteiger partial charge in [0.1, 0.15) is 18.1 Å². The lowest BCUT2D eigenvalue weighted by Gasteiger charge is -2.07. The van der Waals surface area contributed by atoms with Gasteiger partial charge in [0, 0.05) is 22.9 Å². The second kappa shape index (κ2) is 11.2. The van der Waals surface area contributed by atoms with Crippen molar-refractivity contribution in [3.8, 4) is 22.7 Å². The van der Waals surface area contributed by atoms with Crippen LogP contribution >= 0.6 is 0 Å². The van der Waals surface area contributed by atoms with Gasteiger partial charge >= 0.3 is 0 Å². The molecule has 0 aliphatic carbocycles. The van der Waals surface area contributed by atoms with Gasteiger partial charge < -0.3 is 4.74 Å². The molecule has 0 bridgehead atoms. The molecule has 1 aromatic heterocycles. The highest BCUT2D eigenvalue weighted by Crippen LogP contribution is 2.25. The maximum atomic E-state index is 12.5. The van der Waals surface area contributed by atoms with Crippen molar-refractivity contribution in [2.75, 3.05) is 0 Å². The lowest BCUT2D eigenvalue weighted by atomic mass is 10.1. The number of hydrogen-bond acceptors (Lipinski definition) is 4. The Morgan fingerprint density at radius 3 is 2.27 bits per heavy atom. The van der Waals surface area contributed by atoms with Crippen LogP contribution in [0.5, 0.6) is 5.75 Å². The van der Waals surface area contributed by atoms with E-state index in [0.29, 0.717) is 12.2 Å². The molecule has 1 amide bonds. The molecular weight excluding hydrogens is 460 g/mol. The smallest absolute Gasteiger partial charge is 0.271 e. The van der Waals surface area contributed by atoms with E-state index in [9.17, 15) is 4.79 Å². The van der Waals surface area contributed by atoms with Gasteiger partial charge in [-0.2, -0.15) is 10.2 Å². The first-order valence-corrected chi connectivity index (χ1v) is 12.0. The first kappa shape index (κ1) is 23.8. The summed E-state index contributed by atoms with van der Waals surface area (Å²) < 4.78 is 7.73. The van der Waals surface area contributed by atoms with Gasteiger partial charge in [-0.15, -0.1) is 0 Å². The Hall–Kier alpha value is -4.97. The number of carbonyl (C=O) groups is 1. The quantitative estimate of drug-likeness (QED) is 0.210. The Balaban J connectivity index is 1.37. The Kier molecular flexibility index (Phi) is 7.18. The highest BCUT2D eigenvalue weighted by Gasteiger charge is 2.12. The van der Waals surface area contributed by atoms with E-state index in [1.54, 1.807) is 23.0 Å². The minimum atomic E-state index is -0.270. The lowest BCUT2D eigenvalue weighted by Crippen LogP contribution is -2.17. The minimum Gasteiger partial charge on any atom is -0.489 e. The van der Waals surface area contributed by atoms with Crippen molar-refractivity contribution < 1.29 is 9.53 Å². The van der Waals surface area contributed by atoms with Crippen LogP contribution in [0.15, 0.2) is 120 Å². The van der Waals surface area contributed by atoms with E-state index in [0.717, 1.165) is 39.4 Å².